The lowest BCUT2D eigenvalue weighted by atomic mass is 10.1. The Balaban J connectivity index is 2.28. The first-order valence-corrected chi connectivity index (χ1v) is 8.64. The van der Waals surface area contributed by atoms with Gasteiger partial charge in [0.25, 0.3) is 5.56 Å². The number of halogens is 1. The van der Waals surface area contributed by atoms with E-state index in [0.29, 0.717) is 17.1 Å². The molecule has 0 bridgehead atoms. The molecule has 1 fully saturated rings. The molecule has 3 rings (SSSR count). The minimum Gasteiger partial charge on any atom is -0.390 e. The molecule has 0 radical (unpaired) electrons. The Morgan fingerprint density at radius 2 is 1.83 bits per heavy atom. The van der Waals surface area contributed by atoms with Crippen LogP contribution < -0.4 is 16.1 Å². The van der Waals surface area contributed by atoms with E-state index in [4.69, 9.17) is 11.6 Å². The molecule has 2 aromatic rings. The quantitative estimate of drug-likeness (QED) is 0.782. The Morgan fingerprint density at radius 1 is 1.17 bits per heavy atom. The first-order valence-electron chi connectivity index (χ1n) is 8.11. The number of anilines is 1. The van der Waals surface area contributed by atoms with Gasteiger partial charge in [0.2, 0.25) is 5.95 Å². The van der Waals surface area contributed by atoms with E-state index in [2.05, 4.69) is 9.88 Å². The van der Waals surface area contributed by atoms with E-state index in [1.54, 1.807) is 11.6 Å². The van der Waals surface area contributed by atoms with Gasteiger partial charge in [-0.2, -0.15) is 4.98 Å². The van der Waals surface area contributed by atoms with Crippen molar-refractivity contribution in [2.24, 2.45) is 14.1 Å². The highest BCUT2D eigenvalue weighted by atomic mass is 35.5. The number of aliphatic hydroxyl groups is 1. The molecule has 0 spiro atoms. The maximum absolute atomic E-state index is 12.6. The van der Waals surface area contributed by atoms with Crippen LogP contribution in [0.2, 0.25) is 0 Å². The van der Waals surface area contributed by atoms with Gasteiger partial charge in [0.1, 0.15) is 0 Å². The zero-order valence-electron chi connectivity index (χ0n) is 13.9. The molecule has 0 aromatic carbocycles. The van der Waals surface area contributed by atoms with E-state index in [1.165, 1.54) is 18.0 Å². The third-order valence-electron chi connectivity index (χ3n) is 4.54. The minimum absolute atomic E-state index is 0.0607. The number of piperidine rings is 1. The second-order valence-corrected chi connectivity index (χ2v) is 6.56. The van der Waals surface area contributed by atoms with Crippen LogP contribution in [0, 0.1) is 0 Å². The standard InChI is InChI=1S/C15H22ClN5O3/c1-18-12-11(13(23)19(2)15(18)24)21(9-10(22)8-16)14(17-12)20-6-4-3-5-7-20/h10,22H,3-9H2,1-2H3/t10-/m1/s1. The van der Waals surface area contributed by atoms with Crippen LogP contribution in [0.3, 0.4) is 0 Å². The summed E-state index contributed by atoms with van der Waals surface area (Å²) >= 11 is 5.75. The van der Waals surface area contributed by atoms with E-state index in [9.17, 15) is 14.7 Å². The van der Waals surface area contributed by atoms with Crippen LogP contribution >= 0.6 is 11.6 Å². The molecule has 0 saturated carbocycles. The smallest absolute Gasteiger partial charge is 0.332 e. The van der Waals surface area contributed by atoms with Gasteiger partial charge in [0.05, 0.1) is 18.5 Å². The maximum Gasteiger partial charge on any atom is 0.332 e. The average Bonchev–Trinajstić information content (AvgIpc) is 2.98. The lowest BCUT2D eigenvalue weighted by molar-refractivity contribution is 0.178. The molecule has 0 amide bonds. The summed E-state index contributed by atoms with van der Waals surface area (Å²) < 4.78 is 4.14. The van der Waals surface area contributed by atoms with Gasteiger partial charge in [-0.1, -0.05) is 0 Å². The minimum atomic E-state index is -0.797. The summed E-state index contributed by atoms with van der Waals surface area (Å²) in [5.41, 5.74) is -0.166. The maximum atomic E-state index is 12.6. The molecule has 1 aliphatic heterocycles. The molecular weight excluding hydrogens is 334 g/mol. The summed E-state index contributed by atoms with van der Waals surface area (Å²) in [7, 11) is 3.04. The summed E-state index contributed by atoms with van der Waals surface area (Å²) in [6.45, 7) is 1.85. The van der Waals surface area contributed by atoms with Crippen molar-refractivity contribution in [2.45, 2.75) is 31.9 Å². The third-order valence-corrected chi connectivity index (χ3v) is 4.89. The van der Waals surface area contributed by atoms with Crippen molar-refractivity contribution in [3.63, 3.8) is 0 Å². The number of imidazole rings is 1. The molecule has 1 saturated heterocycles. The molecule has 1 atom stereocenters. The van der Waals surface area contributed by atoms with Crippen LogP contribution in [0.4, 0.5) is 5.95 Å². The summed E-state index contributed by atoms with van der Waals surface area (Å²) in [6, 6.07) is 0. The van der Waals surface area contributed by atoms with Crippen LogP contribution in [-0.4, -0.2) is 48.9 Å². The summed E-state index contributed by atoms with van der Waals surface area (Å²) in [4.78, 5) is 31.5. The first kappa shape index (κ1) is 17.0. The molecule has 9 heteroatoms. The van der Waals surface area contributed by atoms with Crippen molar-refractivity contribution >= 4 is 28.7 Å². The fraction of sp³-hybridized carbons (Fsp3) is 0.667. The Bertz CT molecular complexity index is 863. The molecule has 8 nitrogen and oxygen atoms in total. The number of aromatic nitrogens is 4. The SMILES string of the molecule is Cn1c(=O)c2c(nc(N3CCCCC3)n2C[C@H](O)CCl)n(C)c1=O. The van der Waals surface area contributed by atoms with Crippen molar-refractivity contribution in [1.82, 2.24) is 18.7 Å². The van der Waals surface area contributed by atoms with Gasteiger partial charge < -0.3 is 14.6 Å². The molecule has 1 N–H and O–H groups in total. The Labute approximate surface area is 143 Å². The zero-order valence-corrected chi connectivity index (χ0v) is 14.7. The number of fused-ring (bicyclic) bond motifs is 1. The molecule has 2 aromatic heterocycles. The van der Waals surface area contributed by atoms with Crippen molar-refractivity contribution in [2.75, 3.05) is 23.9 Å². The highest BCUT2D eigenvalue weighted by Gasteiger charge is 2.24. The van der Waals surface area contributed by atoms with Gasteiger partial charge in [0, 0.05) is 27.2 Å². The molecule has 1 aliphatic rings. The second-order valence-electron chi connectivity index (χ2n) is 6.26. The molecule has 132 valence electrons. The molecular formula is C15H22ClN5O3. The predicted octanol–water partition coefficient (Wildman–Crippen LogP) is 0.0237. The van der Waals surface area contributed by atoms with E-state index < -0.39 is 17.4 Å². The van der Waals surface area contributed by atoms with Crippen molar-refractivity contribution in [3.05, 3.63) is 20.8 Å². The number of nitrogens with zero attached hydrogens (tertiary/aromatic N) is 5. The highest BCUT2D eigenvalue weighted by Crippen LogP contribution is 2.23. The number of hydrogen-bond donors (Lipinski definition) is 1. The fourth-order valence-corrected chi connectivity index (χ4v) is 3.30. The van der Waals surface area contributed by atoms with Crippen molar-refractivity contribution < 1.29 is 5.11 Å². The Morgan fingerprint density at radius 3 is 2.46 bits per heavy atom. The van der Waals surface area contributed by atoms with Crippen LogP contribution in [-0.2, 0) is 20.6 Å². The monoisotopic (exact) mass is 355 g/mol. The van der Waals surface area contributed by atoms with Crippen LogP contribution in [0.15, 0.2) is 9.59 Å². The van der Waals surface area contributed by atoms with Gasteiger partial charge in [-0.05, 0) is 19.3 Å². The predicted molar refractivity (Wildman–Crippen MR) is 93.0 cm³/mol. The largest absolute Gasteiger partial charge is 0.390 e. The first-order chi connectivity index (χ1) is 11.5. The summed E-state index contributed by atoms with van der Waals surface area (Å²) in [6.07, 6.45) is 2.48. The van der Waals surface area contributed by atoms with Crippen molar-refractivity contribution in [3.8, 4) is 0 Å². The van der Waals surface area contributed by atoms with Crippen LogP contribution in [0.5, 0.6) is 0 Å². The Hall–Kier alpha value is -1.80. The average molecular weight is 356 g/mol. The van der Waals surface area contributed by atoms with Crippen LogP contribution in [0.1, 0.15) is 19.3 Å². The van der Waals surface area contributed by atoms with Crippen LogP contribution in [0.25, 0.3) is 11.2 Å². The molecule has 24 heavy (non-hydrogen) atoms. The number of aliphatic hydroxyl groups excluding tert-OH is 1. The normalized spacial score (nSPS) is 16.8. The van der Waals surface area contributed by atoms with Gasteiger partial charge in [-0.15, -0.1) is 11.6 Å². The van der Waals surface area contributed by atoms with Gasteiger partial charge in [-0.3, -0.25) is 13.9 Å². The number of aryl methyl sites for hydroxylation is 1. The molecule has 0 unspecified atom stereocenters. The van der Waals surface area contributed by atoms with E-state index in [0.717, 1.165) is 30.5 Å². The second kappa shape index (κ2) is 6.60. The molecule has 0 aliphatic carbocycles. The topological polar surface area (TPSA) is 85.3 Å². The Kier molecular flexibility index (Phi) is 4.69. The van der Waals surface area contributed by atoms with Gasteiger partial charge >= 0.3 is 5.69 Å². The number of alkyl halides is 1. The fourth-order valence-electron chi connectivity index (χ4n) is 3.20. The third kappa shape index (κ3) is 2.73. The van der Waals surface area contributed by atoms with Gasteiger partial charge in [0.15, 0.2) is 11.2 Å². The summed E-state index contributed by atoms with van der Waals surface area (Å²) in [5.74, 6) is 0.678. The summed E-state index contributed by atoms with van der Waals surface area (Å²) in [5, 5.41) is 10.0. The number of rotatable bonds is 4. The van der Waals surface area contributed by atoms with E-state index in [1.807, 2.05) is 0 Å². The van der Waals surface area contributed by atoms with Crippen molar-refractivity contribution in [1.29, 1.82) is 0 Å². The van der Waals surface area contributed by atoms with E-state index >= 15 is 0 Å². The van der Waals surface area contributed by atoms with Gasteiger partial charge in [-0.25, -0.2) is 4.79 Å². The zero-order chi connectivity index (χ0) is 17.4. The molecule has 3 heterocycles. The van der Waals surface area contributed by atoms with E-state index in [-0.39, 0.29) is 12.4 Å². The lowest BCUT2D eigenvalue weighted by Gasteiger charge is -2.28. The lowest BCUT2D eigenvalue weighted by Crippen LogP contribution is -2.38. The highest BCUT2D eigenvalue weighted by molar-refractivity contribution is 6.18. The number of hydrogen-bond acceptors (Lipinski definition) is 5.